The van der Waals surface area contributed by atoms with Crippen molar-refractivity contribution in [2.45, 2.75) is 19.4 Å². The average Bonchev–Trinajstić information content (AvgIpc) is 2.43. The first kappa shape index (κ1) is 13.1. The van der Waals surface area contributed by atoms with E-state index in [0.717, 1.165) is 5.56 Å². The number of H-pyrrole nitrogens is 1. The Kier molecular flexibility index (Phi) is 3.82. The lowest BCUT2D eigenvalue weighted by Crippen LogP contribution is -2.13. The van der Waals surface area contributed by atoms with Gasteiger partial charge in [0.05, 0.1) is 12.4 Å². The SMILES string of the molecule is CCC(O)c1cccc(Oc2nc[nH]c(=O)c2N)c1. The summed E-state index contributed by atoms with van der Waals surface area (Å²) >= 11 is 0. The lowest BCUT2D eigenvalue weighted by Gasteiger charge is -2.11. The van der Waals surface area contributed by atoms with Crippen LogP contribution in [0, 0.1) is 0 Å². The number of benzene rings is 1. The van der Waals surface area contributed by atoms with E-state index in [9.17, 15) is 9.90 Å². The van der Waals surface area contributed by atoms with Gasteiger partial charge in [0.1, 0.15) is 5.75 Å². The molecule has 6 heteroatoms. The van der Waals surface area contributed by atoms with Crippen LogP contribution in [0.4, 0.5) is 5.69 Å². The molecule has 0 spiro atoms. The van der Waals surface area contributed by atoms with Crippen molar-refractivity contribution in [3.8, 4) is 11.6 Å². The van der Waals surface area contributed by atoms with Crippen LogP contribution >= 0.6 is 0 Å². The molecule has 6 nitrogen and oxygen atoms in total. The molecule has 0 amide bonds. The molecular formula is C13H15N3O3. The van der Waals surface area contributed by atoms with Crippen LogP contribution in [-0.2, 0) is 0 Å². The summed E-state index contributed by atoms with van der Waals surface area (Å²) in [5.74, 6) is 0.515. The van der Waals surface area contributed by atoms with Crippen LogP contribution in [0.5, 0.6) is 11.6 Å². The number of aromatic amines is 1. The van der Waals surface area contributed by atoms with E-state index in [0.29, 0.717) is 12.2 Å². The maximum atomic E-state index is 11.3. The summed E-state index contributed by atoms with van der Waals surface area (Å²) in [7, 11) is 0. The van der Waals surface area contributed by atoms with E-state index in [4.69, 9.17) is 10.5 Å². The van der Waals surface area contributed by atoms with Crippen LogP contribution in [-0.4, -0.2) is 15.1 Å². The lowest BCUT2D eigenvalue weighted by molar-refractivity contribution is 0.173. The normalized spacial score (nSPS) is 12.1. The zero-order chi connectivity index (χ0) is 13.8. The third kappa shape index (κ3) is 2.92. The molecular weight excluding hydrogens is 246 g/mol. The number of nitrogens with two attached hydrogens (primary N) is 1. The van der Waals surface area contributed by atoms with Gasteiger partial charge in [-0.1, -0.05) is 19.1 Å². The van der Waals surface area contributed by atoms with Crippen molar-refractivity contribution in [3.05, 3.63) is 46.5 Å². The highest BCUT2D eigenvalue weighted by atomic mass is 16.5. The summed E-state index contributed by atoms with van der Waals surface area (Å²) in [5, 5.41) is 9.77. The highest BCUT2D eigenvalue weighted by Gasteiger charge is 2.09. The van der Waals surface area contributed by atoms with Crippen LogP contribution in [0.1, 0.15) is 25.0 Å². The van der Waals surface area contributed by atoms with Crippen molar-refractivity contribution in [1.82, 2.24) is 9.97 Å². The minimum Gasteiger partial charge on any atom is -0.437 e. The van der Waals surface area contributed by atoms with E-state index in [1.165, 1.54) is 6.33 Å². The number of ether oxygens (including phenoxy) is 1. The number of hydrogen-bond donors (Lipinski definition) is 3. The van der Waals surface area contributed by atoms with E-state index in [-0.39, 0.29) is 11.6 Å². The molecule has 2 aromatic rings. The number of nitrogens with one attached hydrogen (secondary N) is 1. The topological polar surface area (TPSA) is 101 Å². The van der Waals surface area contributed by atoms with Crippen molar-refractivity contribution in [1.29, 1.82) is 0 Å². The van der Waals surface area contributed by atoms with Crippen LogP contribution in [0.3, 0.4) is 0 Å². The Morgan fingerprint density at radius 2 is 2.32 bits per heavy atom. The Hall–Kier alpha value is -2.34. The van der Waals surface area contributed by atoms with E-state index < -0.39 is 11.7 Å². The van der Waals surface area contributed by atoms with Gasteiger partial charge in [-0.05, 0) is 24.1 Å². The average molecular weight is 261 g/mol. The summed E-state index contributed by atoms with van der Waals surface area (Å²) in [6, 6.07) is 6.95. The second-order valence-corrected chi connectivity index (χ2v) is 4.05. The molecule has 100 valence electrons. The molecule has 0 saturated heterocycles. The fourth-order valence-electron chi connectivity index (χ4n) is 1.61. The number of aliphatic hydroxyl groups is 1. The standard InChI is InChI=1S/C13H15N3O3/c1-2-10(17)8-4-3-5-9(6-8)19-13-11(14)12(18)15-7-16-13/h3-7,10,17H,2,14H2,1H3,(H,15,16,18). The number of nitrogen functional groups attached to an aromatic ring is 1. The molecule has 0 fully saturated rings. The highest BCUT2D eigenvalue weighted by molar-refractivity contribution is 5.47. The highest BCUT2D eigenvalue weighted by Crippen LogP contribution is 2.26. The molecule has 2 rings (SSSR count). The summed E-state index contributed by atoms with van der Waals surface area (Å²) in [5.41, 5.74) is 5.78. The minimum absolute atomic E-state index is 0.0480. The lowest BCUT2D eigenvalue weighted by atomic mass is 10.1. The van der Waals surface area contributed by atoms with Gasteiger partial charge in [0.2, 0.25) is 5.88 Å². The predicted octanol–water partition coefficient (Wildman–Crippen LogP) is 1.59. The summed E-state index contributed by atoms with van der Waals surface area (Å²) in [6.45, 7) is 1.88. The molecule has 4 N–H and O–H groups in total. The first-order chi connectivity index (χ1) is 9.11. The first-order valence-corrected chi connectivity index (χ1v) is 5.91. The quantitative estimate of drug-likeness (QED) is 0.775. The van der Waals surface area contributed by atoms with Crippen LogP contribution < -0.4 is 16.0 Å². The Balaban J connectivity index is 2.28. The molecule has 0 radical (unpaired) electrons. The summed E-state index contributed by atoms with van der Waals surface area (Å²) in [6.07, 6.45) is 1.28. The molecule has 0 aliphatic heterocycles. The van der Waals surface area contributed by atoms with E-state index in [2.05, 4.69) is 9.97 Å². The molecule has 0 aliphatic rings. The molecule has 1 atom stereocenters. The third-order valence-corrected chi connectivity index (χ3v) is 2.70. The molecule has 0 saturated carbocycles. The number of anilines is 1. The zero-order valence-electron chi connectivity index (χ0n) is 10.5. The van der Waals surface area contributed by atoms with Gasteiger partial charge in [0, 0.05) is 0 Å². The van der Waals surface area contributed by atoms with Crippen molar-refractivity contribution in [2.24, 2.45) is 0 Å². The van der Waals surface area contributed by atoms with Crippen LogP contribution in [0.2, 0.25) is 0 Å². The van der Waals surface area contributed by atoms with Crippen molar-refractivity contribution in [2.75, 3.05) is 5.73 Å². The van der Waals surface area contributed by atoms with Gasteiger partial charge >= 0.3 is 0 Å². The Morgan fingerprint density at radius 3 is 3.05 bits per heavy atom. The van der Waals surface area contributed by atoms with Gasteiger partial charge in [-0.15, -0.1) is 0 Å². The Labute approximate surface area is 109 Å². The van der Waals surface area contributed by atoms with Crippen molar-refractivity contribution in [3.63, 3.8) is 0 Å². The van der Waals surface area contributed by atoms with Gasteiger partial charge in [0.15, 0.2) is 5.69 Å². The molecule has 1 aromatic heterocycles. The van der Waals surface area contributed by atoms with Crippen molar-refractivity contribution < 1.29 is 9.84 Å². The second-order valence-electron chi connectivity index (χ2n) is 4.05. The molecule has 0 bridgehead atoms. The van der Waals surface area contributed by atoms with E-state index in [1.807, 2.05) is 6.92 Å². The maximum absolute atomic E-state index is 11.3. The van der Waals surface area contributed by atoms with Gasteiger partial charge in [-0.3, -0.25) is 4.79 Å². The monoisotopic (exact) mass is 261 g/mol. The molecule has 0 aliphatic carbocycles. The molecule has 1 aromatic carbocycles. The van der Waals surface area contributed by atoms with Gasteiger partial charge in [-0.2, -0.15) is 0 Å². The van der Waals surface area contributed by atoms with Gasteiger partial charge in [-0.25, -0.2) is 4.98 Å². The number of rotatable bonds is 4. The largest absolute Gasteiger partial charge is 0.437 e. The molecule has 19 heavy (non-hydrogen) atoms. The summed E-state index contributed by atoms with van der Waals surface area (Å²) < 4.78 is 5.46. The van der Waals surface area contributed by atoms with E-state index >= 15 is 0 Å². The van der Waals surface area contributed by atoms with Crippen LogP contribution in [0.25, 0.3) is 0 Å². The van der Waals surface area contributed by atoms with Gasteiger partial charge < -0.3 is 20.6 Å². The first-order valence-electron chi connectivity index (χ1n) is 5.91. The maximum Gasteiger partial charge on any atom is 0.277 e. The Morgan fingerprint density at radius 1 is 1.53 bits per heavy atom. The third-order valence-electron chi connectivity index (χ3n) is 2.70. The number of aromatic nitrogens is 2. The molecule has 1 heterocycles. The van der Waals surface area contributed by atoms with Crippen molar-refractivity contribution >= 4 is 5.69 Å². The predicted molar refractivity (Wildman–Crippen MR) is 71.0 cm³/mol. The number of aliphatic hydroxyl groups excluding tert-OH is 1. The smallest absolute Gasteiger partial charge is 0.277 e. The van der Waals surface area contributed by atoms with Crippen LogP contribution in [0.15, 0.2) is 35.4 Å². The summed E-state index contributed by atoms with van der Waals surface area (Å²) in [4.78, 5) is 17.5. The number of hydrogen-bond acceptors (Lipinski definition) is 5. The number of nitrogens with zero attached hydrogens (tertiary/aromatic N) is 1. The molecule has 1 unspecified atom stereocenters. The minimum atomic E-state index is -0.548. The second kappa shape index (κ2) is 5.53. The fraction of sp³-hybridized carbons (Fsp3) is 0.231. The fourth-order valence-corrected chi connectivity index (χ4v) is 1.61. The van der Waals surface area contributed by atoms with Gasteiger partial charge in [0.25, 0.3) is 5.56 Å². The zero-order valence-corrected chi connectivity index (χ0v) is 10.5. The van der Waals surface area contributed by atoms with E-state index in [1.54, 1.807) is 24.3 Å². The Bertz CT molecular complexity index is 625.